The zero-order valence-electron chi connectivity index (χ0n) is 9.63. The van der Waals surface area contributed by atoms with Crippen molar-refractivity contribution < 1.29 is 0 Å². The van der Waals surface area contributed by atoms with Gasteiger partial charge in [-0.05, 0) is 44.3 Å². The van der Waals surface area contributed by atoms with Crippen LogP contribution in [0.15, 0.2) is 20.5 Å². The molecule has 2 aromatic rings. The quantitative estimate of drug-likeness (QED) is 0.864. The van der Waals surface area contributed by atoms with Crippen molar-refractivity contribution in [3.63, 3.8) is 0 Å². The molecule has 6 heteroatoms. The van der Waals surface area contributed by atoms with E-state index in [0.29, 0.717) is 0 Å². The lowest BCUT2D eigenvalue weighted by Crippen LogP contribution is -1.98. The third-order valence-corrected chi connectivity index (χ3v) is 5.65. The van der Waals surface area contributed by atoms with Crippen molar-refractivity contribution in [2.45, 2.75) is 19.9 Å². The van der Waals surface area contributed by atoms with Gasteiger partial charge in [0.15, 0.2) is 0 Å². The van der Waals surface area contributed by atoms with Gasteiger partial charge in [0.1, 0.15) is 0 Å². The molecule has 0 aliphatic carbocycles. The molecule has 92 valence electrons. The Balaban J connectivity index is 2.06. The molecule has 0 aliphatic heterocycles. The summed E-state index contributed by atoms with van der Waals surface area (Å²) in [6.07, 6.45) is 2.97. The smallest absolute Gasteiger partial charge is 0.0853 e. The summed E-state index contributed by atoms with van der Waals surface area (Å²) in [7, 11) is 1.95. The Kier molecular flexibility index (Phi) is 4.27. The number of nitrogens with one attached hydrogen (secondary N) is 1. The average molecular weight is 379 g/mol. The maximum absolute atomic E-state index is 4.40. The first-order valence-corrected chi connectivity index (χ1v) is 7.70. The van der Waals surface area contributed by atoms with Gasteiger partial charge >= 0.3 is 0 Å². The van der Waals surface area contributed by atoms with Crippen LogP contribution in [0, 0.1) is 0 Å². The number of hydrogen-bond donors (Lipinski definition) is 1. The highest BCUT2D eigenvalue weighted by molar-refractivity contribution is 9.13. The third kappa shape index (κ3) is 3.11. The van der Waals surface area contributed by atoms with Gasteiger partial charge in [-0.25, -0.2) is 0 Å². The molecular weight excluding hydrogens is 366 g/mol. The number of rotatable bonds is 4. The van der Waals surface area contributed by atoms with Crippen LogP contribution in [0.2, 0.25) is 0 Å². The molecule has 2 heterocycles. The number of halogens is 2. The molecule has 0 fully saturated rings. The molecule has 0 atom stereocenters. The predicted molar refractivity (Wildman–Crippen MR) is 79.6 cm³/mol. The van der Waals surface area contributed by atoms with Crippen molar-refractivity contribution >= 4 is 48.9 Å². The van der Waals surface area contributed by atoms with E-state index in [4.69, 9.17) is 0 Å². The normalized spacial score (nSPS) is 10.8. The lowest BCUT2D eigenvalue weighted by molar-refractivity contribution is 0.746. The second-order valence-corrected chi connectivity index (χ2v) is 7.01. The first kappa shape index (κ1) is 13.1. The fourth-order valence-corrected chi connectivity index (χ4v) is 3.72. The first-order chi connectivity index (χ1) is 8.10. The van der Waals surface area contributed by atoms with Crippen molar-refractivity contribution in [2.75, 3.05) is 5.32 Å². The Bertz CT molecular complexity index is 499. The summed E-state index contributed by atoms with van der Waals surface area (Å²) in [6.45, 7) is 2.94. The minimum atomic E-state index is 0.827. The van der Waals surface area contributed by atoms with Gasteiger partial charge in [-0.3, -0.25) is 4.68 Å². The maximum atomic E-state index is 4.40. The highest BCUT2D eigenvalue weighted by Gasteiger charge is 2.07. The van der Waals surface area contributed by atoms with Crippen molar-refractivity contribution in [3.05, 3.63) is 31.1 Å². The van der Waals surface area contributed by atoms with E-state index in [1.165, 1.54) is 4.88 Å². The topological polar surface area (TPSA) is 29.9 Å². The lowest BCUT2D eigenvalue weighted by Gasteiger charge is -2.02. The van der Waals surface area contributed by atoms with Gasteiger partial charge in [0.2, 0.25) is 0 Å². The number of nitrogens with zero attached hydrogens (tertiary/aromatic N) is 2. The molecule has 0 saturated carbocycles. The fourth-order valence-electron chi connectivity index (χ4n) is 1.60. The Labute approximate surface area is 121 Å². The number of hydrogen-bond acceptors (Lipinski definition) is 3. The molecule has 0 unspecified atom stereocenters. The summed E-state index contributed by atoms with van der Waals surface area (Å²) in [6, 6.07) is 2.13. The molecule has 0 aromatic carbocycles. The lowest BCUT2D eigenvalue weighted by atomic mass is 10.3. The SMILES string of the molecule is CCc1nn(C)cc1NCc1cc(Br)c(Br)s1. The van der Waals surface area contributed by atoms with Crippen molar-refractivity contribution in [1.82, 2.24) is 9.78 Å². The molecule has 1 N–H and O–H groups in total. The zero-order valence-corrected chi connectivity index (χ0v) is 13.6. The van der Waals surface area contributed by atoms with Crippen molar-refractivity contribution in [1.29, 1.82) is 0 Å². The van der Waals surface area contributed by atoms with E-state index < -0.39 is 0 Å². The van der Waals surface area contributed by atoms with Crippen LogP contribution in [0.4, 0.5) is 5.69 Å². The van der Waals surface area contributed by atoms with Crippen LogP contribution in [-0.4, -0.2) is 9.78 Å². The summed E-state index contributed by atoms with van der Waals surface area (Å²) < 4.78 is 4.10. The third-order valence-electron chi connectivity index (χ3n) is 2.39. The van der Waals surface area contributed by atoms with E-state index in [1.54, 1.807) is 11.3 Å². The van der Waals surface area contributed by atoms with E-state index >= 15 is 0 Å². The van der Waals surface area contributed by atoms with Crippen LogP contribution >= 0.6 is 43.2 Å². The standard InChI is InChI=1S/C11H13Br2N3S/c1-3-9-10(6-16(2)15-9)14-5-7-4-8(12)11(13)17-7/h4,6,14H,3,5H2,1-2H3. The van der Waals surface area contributed by atoms with Crippen LogP contribution in [0.5, 0.6) is 0 Å². The van der Waals surface area contributed by atoms with Gasteiger partial charge < -0.3 is 5.32 Å². The average Bonchev–Trinajstić information content (AvgIpc) is 2.80. The summed E-state index contributed by atoms with van der Waals surface area (Å²) in [5.41, 5.74) is 2.23. The second kappa shape index (κ2) is 5.54. The van der Waals surface area contributed by atoms with E-state index in [9.17, 15) is 0 Å². The van der Waals surface area contributed by atoms with Crippen LogP contribution in [0.1, 0.15) is 17.5 Å². The van der Waals surface area contributed by atoms with Gasteiger partial charge in [0.05, 0.1) is 15.2 Å². The minimum absolute atomic E-state index is 0.827. The molecule has 3 nitrogen and oxygen atoms in total. The molecule has 2 rings (SSSR count). The Hall–Kier alpha value is -0.330. The van der Waals surface area contributed by atoms with Crippen LogP contribution < -0.4 is 5.32 Å². The number of anilines is 1. The van der Waals surface area contributed by atoms with Crippen LogP contribution in [-0.2, 0) is 20.0 Å². The molecule has 2 aromatic heterocycles. The predicted octanol–water partition coefficient (Wildman–Crippen LogP) is 4.18. The monoisotopic (exact) mass is 377 g/mol. The highest BCUT2D eigenvalue weighted by Crippen LogP contribution is 2.32. The molecule has 0 aliphatic rings. The molecule has 0 amide bonds. The molecule has 0 spiro atoms. The van der Waals surface area contributed by atoms with Gasteiger partial charge in [0.25, 0.3) is 0 Å². The molecule has 0 radical (unpaired) electrons. The summed E-state index contributed by atoms with van der Waals surface area (Å²) in [5, 5.41) is 7.83. The summed E-state index contributed by atoms with van der Waals surface area (Å²) in [4.78, 5) is 1.29. The largest absolute Gasteiger partial charge is 0.377 e. The zero-order chi connectivity index (χ0) is 12.4. The second-order valence-electron chi connectivity index (χ2n) is 3.70. The first-order valence-electron chi connectivity index (χ1n) is 5.30. The van der Waals surface area contributed by atoms with Crippen molar-refractivity contribution in [3.8, 4) is 0 Å². The Morgan fingerprint density at radius 3 is 2.82 bits per heavy atom. The van der Waals surface area contributed by atoms with E-state index in [1.807, 2.05) is 17.9 Å². The van der Waals surface area contributed by atoms with E-state index in [0.717, 1.165) is 32.6 Å². The number of thiophene rings is 1. The Morgan fingerprint density at radius 2 is 2.24 bits per heavy atom. The van der Waals surface area contributed by atoms with Crippen LogP contribution in [0.3, 0.4) is 0 Å². The van der Waals surface area contributed by atoms with E-state index in [-0.39, 0.29) is 0 Å². The Morgan fingerprint density at radius 1 is 1.47 bits per heavy atom. The molecule has 0 saturated heterocycles. The van der Waals surface area contributed by atoms with Gasteiger partial charge in [-0.2, -0.15) is 5.10 Å². The molecule has 17 heavy (non-hydrogen) atoms. The van der Waals surface area contributed by atoms with Gasteiger partial charge in [-0.1, -0.05) is 6.92 Å². The number of aryl methyl sites for hydroxylation is 2. The minimum Gasteiger partial charge on any atom is -0.377 e. The highest BCUT2D eigenvalue weighted by atomic mass is 79.9. The summed E-state index contributed by atoms with van der Waals surface area (Å²) in [5.74, 6) is 0. The van der Waals surface area contributed by atoms with Gasteiger partial charge in [-0.15, -0.1) is 11.3 Å². The van der Waals surface area contributed by atoms with Crippen molar-refractivity contribution in [2.24, 2.45) is 7.05 Å². The molecule has 0 bridgehead atoms. The summed E-state index contributed by atoms with van der Waals surface area (Å²) >= 11 is 8.73. The molecular formula is C11H13Br2N3S. The number of aromatic nitrogens is 2. The fraction of sp³-hybridized carbons (Fsp3) is 0.364. The van der Waals surface area contributed by atoms with E-state index in [2.05, 4.69) is 55.3 Å². The van der Waals surface area contributed by atoms with Crippen LogP contribution in [0.25, 0.3) is 0 Å². The maximum Gasteiger partial charge on any atom is 0.0853 e. The van der Waals surface area contributed by atoms with Gasteiger partial charge in [0, 0.05) is 29.1 Å².